The van der Waals surface area contributed by atoms with Crippen LogP contribution in [0.2, 0.25) is 0 Å². The molecule has 1 unspecified atom stereocenters. The Morgan fingerprint density at radius 2 is 1.44 bits per heavy atom. The SMILES string of the molecule is CCCCN(CCCC)C(O)c1cccc2c1ccc1ccccc12. The summed E-state index contributed by atoms with van der Waals surface area (Å²) in [4.78, 5) is 2.23. The number of fused-ring (bicyclic) bond motifs is 3. The number of nitrogens with zero attached hydrogens (tertiary/aromatic N) is 1. The van der Waals surface area contributed by atoms with Crippen LogP contribution in [0.1, 0.15) is 51.3 Å². The topological polar surface area (TPSA) is 23.5 Å². The van der Waals surface area contributed by atoms with Crippen molar-refractivity contribution in [1.29, 1.82) is 0 Å². The molecule has 2 nitrogen and oxygen atoms in total. The summed E-state index contributed by atoms with van der Waals surface area (Å²) in [7, 11) is 0. The van der Waals surface area contributed by atoms with E-state index in [0.717, 1.165) is 49.7 Å². The summed E-state index contributed by atoms with van der Waals surface area (Å²) in [6, 6.07) is 19.1. The molecule has 2 heteroatoms. The summed E-state index contributed by atoms with van der Waals surface area (Å²) in [6.07, 6.45) is 4.00. The van der Waals surface area contributed by atoms with E-state index in [9.17, 15) is 5.11 Å². The van der Waals surface area contributed by atoms with Gasteiger partial charge in [-0.05, 0) is 34.4 Å². The van der Waals surface area contributed by atoms with E-state index in [1.807, 2.05) is 0 Å². The third-order valence-electron chi connectivity index (χ3n) is 5.04. The highest BCUT2D eigenvalue weighted by Gasteiger charge is 2.19. The molecule has 0 saturated heterocycles. The summed E-state index contributed by atoms with van der Waals surface area (Å²) < 4.78 is 0. The lowest BCUT2D eigenvalue weighted by Crippen LogP contribution is -2.31. The zero-order chi connectivity index (χ0) is 17.6. The first-order chi connectivity index (χ1) is 12.3. The highest BCUT2D eigenvalue weighted by Crippen LogP contribution is 2.32. The fraction of sp³-hybridized carbons (Fsp3) is 0.391. The van der Waals surface area contributed by atoms with Crippen molar-refractivity contribution in [1.82, 2.24) is 4.90 Å². The predicted octanol–water partition coefficient (Wildman–Crippen LogP) is 5.89. The summed E-state index contributed by atoms with van der Waals surface area (Å²) in [5.41, 5.74) is 1.02. The highest BCUT2D eigenvalue weighted by atomic mass is 16.3. The molecule has 0 saturated carbocycles. The van der Waals surface area contributed by atoms with Gasteiger partial charge in [0.25, 0.3) is 0 Å². The monoisotopic (exact) mass is 335 g/mol. The summed E-state index contributed by atoms with van der Waals surface area (Å²) >= 11 is 0. The number of hydrogen-bond donors (Lipinski definition) is 1. The van der Waals surface area contributed by atoms with Gasteiger partial charge in [-0.2, -0.15) is 0 Å². The van der Waals surface area contributed by atoms with E-state index < -0.39 is 6.23 Å². The Kier molecular flexibility index (Phi) is 6.06. The number of rotatable bonds is 8. The lowest BCUT2D eigenvalue weighted by Gasteiger charge is -2.29. The van der Waals surface area contributed by atoms with E-state index in [1.54, 1.807) is 0 Å². The van der Waals surface area contributed by atoms with Crippen molar-refractivity contribution in [2.45, 2.75) is 45.8 Å². The summed E-state index contributed by atoms with van der Waals surface area (Å²) in [5, 5.41) is 16.0. The lowest BCUT2D eigenvalue weighted by molar-refractivity contribution is 0.00102. The van der Waals surface area contributed by atoms with Crippen LogP contribution in [0.15, 0.2) is 54.6 Å². The maximum atomic E-state index is 11.1. The molecule has 0 bridgehead atoms. The molecule has 0 spiro atoms. The minimum absolute atomic E-state index is 0.539. The van der Waals surface area contributed by atoms with Crippen LogP contribution < -0.4 is 0 Å². The van der Waals surface area contributed by atoms with Crippen LogP contribution >= 0.6 is 0 Å². The zero-order valence-electron chi connectivity index (χ0n) is 15.4. The van der Waals surface area contributed by atoms with Crippen molar-refractivity contribution < 1.29 is 5.11 Å². The molecule has 3 aromatic carbocycles. The maximum Gasteiger partial charge on any atom is 0.134 e. The Bertz CT molecular complexity index is 819. The molecule has 25 heavy (non-hydrogen) atoms. The minimum Gasteiger partial charge on any atom is -0.374 e. The van der Waals surface area contributed by atoms with E-state index in [-0.39, 0.29) is 0 Å². The van der Waals surface area contributed by atoms with E-state index in [1.165, 1.54) is 16.2 Å². The summed E-state index contributed by atoms with van der Waals surface area (Å²) in [5.74, 6) is 0. The van der Waals surface area contributed by atoms with E-state index in [0.29, 0.717) is 0 Å². The number of benzene rings is 3. The molecule has 0 radical (unpaired) electrons. The van der Waals surface area contributed by atoms with E-state index in [2.05, 4.69) is 73.3 Å². The second-order valence-electron chi connectivity index (χ2n) is 6.85. The molecule has 0 aliphatic rings. The van der Waals surface area contributed by atoms with Crippen LogP contribution in [-0.4, -0.2) is 23.1 Å². The Labute approximate surface area is 151 Å². The molecule has 0 amide bonds. The quantitative estimate of drug-likeness (QED) is 0.410. The Hall–Kier alpha value is -1.90. The van der Waals surface area contributed by atoms with Crippen molar-refractivity contribution >= 4 is 21.5 Å². The molecule has 0 heterocycles. The van der Waals surface area contributed by atoms with Crippen molar-refractivity contribution in [2.75, 3.05) is 13.1 Å². The Morgan fingerprint density at radius 1 is 0.760 bits per heavy atom. The molecule has 0 aromatic heterocycles. The van der Waals surface area contributed by atoms with Gasteiger partial charge in [0.05, 0.1) is 0 Å². The number of aliphatic hydroxyl groups excluding tert-OH is 1. The summed E-state index contributed by atoms with van der Waals surface area (Å²) in [6.45, 7) is 6.30. The molecule has 1 N–H and O–H groups in total. The van der Waals surface area contributed by atoms with Gasteiger partial charge in [0.1, 0.15) is 6.23 Å². The van der Waals surface area contributed by atoms with Crippen LogP contribution in [-0.2, 0) is 0 Å². The number of hydrogen-bond acceptors (Lipinski definition) is 2. The molecule has 3 rings (SSSR count). The lowest BCUT2D eigenvalue weighted by atomic mass is 9.97. The molecule has 132 valence electrons. The van der Waals surface area contributed by atoms with E-state index in [4.69, 9.17) is 0 Å². The third-order valence-corrected chi connectivity index (χ3v) is 5.04. The zero-order valence-corrected chi connectivity index (χ0v) is 15.4. The normalized spacial score (nSPS) is 13.0. The van der Waals surface area contributed by atoms with Crippen LogP contribution in [0.25, 0.3) is 21.5 Å². The average molecular weight is 335 g/mol. The fourth-order valence-corrected chi connectivity index (χ4v) is 3.57. The van der Waals surface area contributed by atoms with Gasteiger partial charge < -0.3 is 5.11 Å². The van der Waals surface area contributed by atoms with Gasteiger partial charge >= 0.3 is 0 Å². The van der Waals surface area contributed by atoms with Gasteiger partial charge in [0.15, 0.2) is 0 Å². The second-order valence-corrected chi connectivity index (χ2v) is 6.85. The van der Waals surface area contributed by atoms with Crippen molar-refractivity contribution in [3.8, 4) is 0 Å². The first-order valence-corrected chi connectivity index (χ1v) is 9.58. The average Bonchev–Trinajstić information content (AvgIpc) is 2.67. The number of unbranched alkanes of at least 4 members (excludes halogenated alkanes) is 2. The maximum absolute atomic E-state index is 11.1. The van der Waals surface area contributed by atoms with Gasteiger partial charge in [0.2, 0.25) is 0 Å². The predicted molar refractivity (Wildman–Crippen MR) is 108 cm³/mol. The standard InChI is InChI=1S/C23H29NO/c1-3-5-16-24(17-6-4-2)23(25)22-13-9-12-20-19-11-8-7-10-18(19)14-15-21(20)22/h7-15,23,25H,3-6,16-17H2,1-2H3. The number of aliphatic hydroxyl groups is 1. The van der Waals surface area contributed by atoms with Gasteiger partial charge in [-0.1, -0.05) is 81.3 Å². The van der Waals surface area contributed by atoms with Gasteiger partial charge in [-0.25, -0.2) is 0 Å². The van der Waals surface area contributed by atoms with Gasteiger partial charge in [0, 0.05) is 18.7 Å². The minimum atomic E-state index is -0.539. The highest BCUT2D eigenvalue weighted by molar-refractivity contribution is 6.08. The molecule has 0 aliphatic heterocycles. The van der Waals surface area contributed by atoms with Crippen molar-refractivity contribution in [2.24, 2.45) is 0 Å². The first kappa shape index (κ1) is 17.9. The smallest absolute Gasteiger partial charge is 0.134 e. The fourth-order valence-electron chi connectivity index (χ4n) is 3.57. The van der Waals surface area contributed by atoms with Crippen LogP contribution in [0.3, 0.4) is 0 Å². The van der Waals surface area contributed by atoms with Crippen molar-refractivity contribution in [3.05, 3.63) is 60.2 Å². The van der Waals surface area contributed by atoms with E-state index >= 15 is 0 Å². The molecule has 0 aliphatic carbocycles. The molecular weight excluding hydrogens is 306 g/mol. The molecular formula is C23H29NO. The largest absolute Gasteiger partial charge is 0.374 e. The van der Waals surface area contributed by atoms with Crippen LogP contribution in [0, 0.1) is 0 Å². The molecule has 1 atom stereocenters. The third kappa shape index (κ3) is 3.86. The van der Waals surface area contributed by atoms with Crippen molar-refractivity contribution in [3.63, 3.8) is 0 Å². The molecule has 3 aromatic rings. The Morgan fingerprint density at radius 3 is 2.16 bits per heavy atom. The van der Waals surface area contributed by atoms with Gasteiger partial charge in [-0.3, -0.25) is 4.90 Å². The van der Waals surface area contributed by atoms with Crippen LogP contribution in [0.5, 0.6) is 0 Å². The first-order valence-electron chi connectivity index (χ1n) is 9.58. The Balaban J connectivity index is 2.02. The second kappa shape index (κ2) is 8.46. The van der Waals surface area contributed by atoms with Crippen LogP contribution in [0.4, 0.5) is 0 Å². The van der Waals surface area contributed by atoms with Gasteiger partial charge in [-0.15, -0.1) is 0 Å². The molecule has 0 fully saturated rings.